The van der Waals surface area contributed by atoms with Crippen molar-refractivity contribution in [2.45, 2.75) is 77.4 Å². The third-order valence-corrected chi connectivity index (χ3v) is 6.55. The van der Waals surface area contributed by atoms with Crippen LogP contribution in [0.5, 0.6) is 0 Å². The molecule has 0 spiro atoms. The van der Waals surface area contributed by atoms with E-state index in [-0.39, 0.29) is 6.29 Å². The van der Waals surface area contributed by atoms with Crippen LogP contribution in [-0.2, 0) is 9.47 Å². The molecule has 0 unspecified atom stereocenters. The zero-order valence-electron chi connectivity index (χ0n) is 18.7. The molecule has 2 saturated heterocycles. The van der Waals surface area contributed by atoms with E-state index in [1.165, 1.54) is 36.9 Å². The maximum atomic E-state index is 6.15. The quantitative estimate of drug-likeness (QED) is 0.401. The Morgan fingerprint density at radius 3 is 2.03 bits per heavy atom. The molecule has 164 valence electrons. The molecule has 2 heterocycles. The Hall–Kier alpha value is -1.10. The summed E-state index contributed by atoms with van der Waals surface area (Å²) in [4.78, 5) is 2.54. The summed E-state index contributed by atoms with van der Waals surface area (Å²) in [6, 6.07) is 9.40. The molecule has 0 saturated carbocycles. The summed E-state index contributed by atoms with van der Waals surface area (Å²) in [7, 11) is 0. The molecule has 1 aromatic carbocycles. The largest absolute Gasteiger partial charge is 0.372 e. The topological polar surface area (TPSA) is 33.7 Å². The van der Waals surface area contributed by atoms with Gasteiger partial charge >= 0.3 is 0 Å². The van der Waals surface area contributed by atoms with Crippen LogP contribution in [0.25, 0.3) is 0 Å². The van der Waals surface area contributed by atoms with Gasteiger partial charge in [-0.05, 0) is 75.2 Å². The highest BCUT2D eigenvalue weighted by atomic mass is 16.7. The Morgan fingerprint density at radius 2 is 1.48 bits per heavy atom. The highest BCUT2D eigenvalue weighted by Crippen LogP contribution is 2.30. The maximum Gasteiger partial charge on any atom is 0.160 e. The predicted octanol–water partition coefficient (Wildman–Crippen LogP) is 5.33. The second kappa shape index (κ2) is 12.6. The molecular formula is C25H42N2O2. The fourth-order valence-electron chi connectivity index (χ4n) is 4.55. The van der Waals surface area contributed by atoms with Gasteiger partial charge in [0.2, 0.25) is 0 Å². The van der Waals surface area contributed by atoms with E-state index in [1.807, 2.05) is 0 Å². The molecular weight excluding hydrogens is 360 g/mol. The highest BCUT2D eigenvalue weighted by Gasteiger charge is 2.28. The van der Waals surface area contributed by atoms with Crippen LogP contribution in [0, 0.1) is 5.92 Å². The SMILES string of the molecule is CCCCOC(OCCCC)C1CCN(c2ccc(C3CCNCC3)cc2)CC1. The minimum Gasteiger partial charge on any atom is -0.372 e. The van der Waals surface area contributed by atoms with Gasteiger partial charge in [0.15, 0.2) is 6.29 Å². The van der Waals surface area contributed by atoms with E-state index < -0.39 is 0 Å². The number of nitrogens with zero attached hydrogens (tertiary/aromatic N) is 1. The minimum absolute atomic E-state index is 0.0162. The fraction of sp³-hybridized carbons (Fsp3) is 0.760. The Balaban J connectivity index is 1.49. The van der Waals surface area contributed by atoms with Gasteiger partial charge in [-0.1, -0.05) is 38.8 Å². The van der Waals surface area contributed by atoms with Crippen molar-refractivity contribution >= 4 is 5.69 Å². The average Bonchev–Trinajstić information content (AvgIpc) is 2.79. The minimum atomic E-state index is -0.0162. The number of rotatable bonds is 11. The van der Waals surface area contributed by atoms with Crippen LogP contribution in [0.4, 0.5) is 5.69 Å². The van der Waals surface area contributed by atoms with Crippen molar-refractivity contribution in [3.63, 3.8) is 0 Å². The Bertz CT molecular complexity index is 538. The number of hydrogen-bond donors (Lipinski definition) is 1. The van der Waals surface area contributed by atoms with Crippen molar-refractivity contribution in [2.75, 3.05) is 44.3 Å². The summed E-state index contributed by atoms with van der Waals surface area (Å²) in [5.74, 6) is 1.26. The number of unbranched alkanes of at least 4 members (excludes halogenated alkanes) is 2. The van der Waals surface area contributed by atoms with E-state index in [2.05, 4.69) is 48.3 Å². The molecule has 2 aliphatic rings. The van der Waals surface area contributed by atoms with Gasteiger partial charge in [0.05, 0.1) is 0 Å². The number of piperidine rings is 2. The number of benzene rings is 1. The Kier molecular flexibility index (Phi) is 9.78. The van der Waals surface area contributed by atoms with Crippen LogP contribution in [0.2, 0.25) is 0 Å². The summed E-state index contributed by atoms with van der Waals surface area (Å²) in [5.41, 5.74) is 2.88. The zero-order chi connectivity index (χ0) is 20.3. The molecule has 0 radical (unpaired) electrons. The zero-order valence-corrected chi connectivity index (χ0v) is 18.7. The molecule has 4 nitrogen and oxygen atoms in total. The molecule has 4 heteroatoms. The van der Waals surface area contributed by atoms with Gasteiger partial charge in [0, 0.05) is 37.9 Å². The molecule has 0 atom stereocenters. The smallest absolute Gasteiger partial charge is 0.160 e. The number of hydrogen-bond acceptors (Lipinski definition) is 4. The molecule has 0 amide bonds. The third-order valence-electron chi connectivity index (χ3n) is 6.55. The van der Waals surface area contributed by atoms with Crippen LogP contribution in [0.1, 0.15) is 76.7 Å². The van der Waals surface area contributed by atoms with E-state index in [0.717, 1.165) is 71.0 Å². The Morgan fingerprint density at radius 1 is 0.897 bits per heavy atom. The van der Waals surface area contributed by atoms with Gasteiger partial charge < -0.3 is 19.7 Å². The Labute approximate surface area is 178 Å². The lowest BCUT2D eigenvalue weighted by molar-refractivity contribution is -0.177. The van der Waals surface area contributed by atoms with E-state index in [0.29, 0.717) is 5.92 Å². The molecule has 0 aliphatic carbocycles. The molecule has 29 heavy (non-hydrogen) atoms. The van der Waals surface area contributed by atoms with Gasteiger partial charge in [-0.3, -0.25) is 0 Å². The predicted molar refractivity (Wildman–Crippen MR) is 122 cm³/mol. The first-order valence-electron chi connectivity index (χ1n) is 12.1. The molecule has 2 aliphatic heterocycles. The van der Waals surface area contributed by atoms with Gasteiger partial charge in [0.25, 0.3) is 0 Å². The average molecular weight is 403 g/mol. The maximum absolute atomic E-state index is 6.15. The molecule has 2 fully saturated rings. The second-order valence-corrected chi connectivity index (χ2v) is 8.76. The lowest BCUT2D eigenvalue weighted by Crippen LogP contribution is -2.40. The first kappa shape index (κ1) is 22.6. The van der Waals surface area contributed by atoms with E-state index >= 15 is 0 Å². The standard InChI is InChI=1S/C25H42N2O2/c1-3-5-19-28-25(29-20-6-4-2)23-13-17-27(18-14-23)24-9-7-21(8-10-24)22-11-15-26-16-12-22/h7-10,22-23,25-26H,3-6,11-20H2,1-2H3. The van der Waals surface area contributed by atoms with Crippen LogP contribution in [0.15, 0.2) is 24.3 Å². The lowest BCUT2D eigenvalue weighted by atomic mass is 9.90. The lowest BCUT2D eigenvalue weighted by Gasteiger charge is -2.37. The first-order valence-corrected chi connectivity index (χ1v) is 12.1. The summed E-state index contributed by atoms with van der Waals surface area (Å²) in [5, 5.41) is 3.46. The number of anilines is 1. The summed E-state index contributed by atoms with van der Waals surface area (Å²) < 4.78 is 12.3. The van der Waals surface area contributed by atoms with Crippen LogP contribution in [-0.4, -0.2) is 45.7 Å². The monoisotopic (exact) mass is 402 g/mol. The van der Waals surface area contributed by atoms with Crippen molar-refractivity contribution < 1.29 is 9.47 Å². The second-order valence-electron chi connectivity index (χ2n) is 8.76. The van der Waals surface area contributed by atoms with Crippen molar-refractivity contribution in [3.05, 3.63) is 29.8 Å². The summed E-state index contributed by atoms with van der Waals surface area (Å²) in [6.45, 7) is 10.6. The number of ether oxygens (including phenoxy) is 2. The normalized spacial score (nSPS) is 19.2. The molecule has 0 aromatic heterocycles. The fourth-order valence-corrected chi connectivity index (χ4v) is 4.55. The van der Waals surface area contributed by atoms with Gasteiger partial charge in [-0.25, -0.2) is 0 Å². The third kappa shape index (κ3) is 6.97. The molecule has 1 aromatic rings. The summed E-state index contributed by atoms with van der Waals surface area (Å²) in [6.07, 6.45) is 9.41. The van der Waals surface area contributed by atoms with Crippen LogP contribution < -0.4 is 10.2 Å². The van der Waals surface area contributed by atoms with Gasteiger partial charge in [-0.2, -0.15) is 0 Å². The molecule has 1 N–H and O–H groups in total. The molecule has 0 bridgehead atoms. The van der Waals surface area contributed by atoms with E-state index in [4.69, 9.17) is 9.47 Å². The number of nitrogens with one attached hydrogen (secondary N) is 1. The van der Waals surface area contributed by atoms with Crippen LogP contribution in [0.3, 0.4) is 0 Å². The van der Waals surface area contributed by atoms with Crippen molar-refractivity contribution in [1.29, 1.82) is 0 Å². The van der Waals surface area contributed by atoms with Crippen molar-refractivity contribution in [1.82, 2.24) is 5.32 Å². The molecule has 3 rings (SSSR count). The van der Waals surface area contributed by atoms with E-state index in [9.17, 15) is 0 Å². The highest BCUT2D eigenvalue weighted by molar-refractivity contribution is 5.48. The van der Waals surface area contributed by atoms with Gasteiger partial charge in [0.1, 0.15) is 0 Å². The van der Waals surface area contributed by atoms with Crippen molar-refractivity contribution in [3.8, 4) is 0 Å². The summed E-state index contributed by atoms with van der Waals surface area (Å²) >= 11 is 0. The van der Waals surface area contributed by atoms with Crippen molar-refractivity contribution in [2.24, 2.45) is 5.92 Å². The van der Waals surface area contributed by atoms with Crippen LogP contribution >= 0.6 is 0 Å². The van der Waals surface area contributed by atoms with Gasteiger partial charge in [-0.15, -0.1) is 0 Å². The van der Waals surface area contributed by atoms with E-state index in [1.54, 1.807) is 0 Å². The first-order chi connectivity index (χ1) is 14.3.